The summed E-state index contributed by atoms with van der Waals surface area (Å²) in [6, 6.07) is 15.5. The highest BCUT2D eigenvalue weighted by atomic mass is 16.5. The number of ether oxygens (including phenoxy) is 1. The van der Waals surface area contributed by atoms with Crippen LogP contribution in [-0.2, 0) is 6.42 Å². The van der Waals surface area contributed by atoms with Crippen molar-refractivity contribution in [1.82, 2.24) is 5.32 Å². The molecule has 0 saturated heterocycles. The second kappa shape index (κ2) is 5.21. The summed E-state index contributed by atoms with van der Waals surface area (Å²) in [5.74, 6) is 0.828. The van der Waals surface area contributed by atoms with Gasteiger partial charge < -0.3 is 10.1 Å². The fourth-order valence-electron chi connectivity index (χ4n) is 2.42. The molecule has 0 aromatic heterocycles. The Hall–Kier alpha value is -2.55. The van der Waals surface area contributed by atoms with Crippen molar-refractivity contribution in [1.29, 1.82) is 0 Å². The highest BCUT2D eigenvalue weighted by molar-refractivity contribution is 6.09. The minimum absolute atomic E-state index is 0.0353. The molecule has 0 bridgehead atoms. The van der Waals surface area contributed by atoms with E-state index in [0.717, 1.165) is 28.1 Å². The van der Waals surface area contributed by atoms with Crippen molar-refractivity contribution in [2.24, 2.45) is 0 Å². The van der Waals surface area contributed by atoms with Gasteiger partial charge in [-0.05, 0) is 24.1 Å². The van der Waals surface area contributed by atoms with Crippen molar-refractivity contribution in [3.63, 3.8) is 0 Å². The Labute approximate surface area is 117 Å². The van der Waals surface area contributed by atoms with Gasteiger partial charge >= 0.3 is 0 Å². The zero-order chi connectivity index (χ0) is 13.9. The van der Waals surface area contributed by atoms with Crippen LogP contribution in [0.25, 0.3) is 5.70 Å². The minimum atomic E-state index is -0.0353. The Morgan fingerprint density at radius 2 is 1.75 bits per heavy atom. The molecule has 1 heterocycles. The van der Waals surface area contributed by atoms with Crippen LogP contribution in [0.15, 0.2) is 54.6 Å². The van der Waals surface area contributed by atoms with Crippen LogP contribution >= 0.6 is 0 Å². The molecular formula is C17H15NO2. The number of benzene rings is 2. The molecule has 1 aliphatic heterocycles. The summed E-state index contributed by atoms with van der Waals surface area (Å²) in [6.45, 7) is 0. The monoisotopic (exact) mass is 265 g/mol. The van der Waals surface area contributed by atoms with Gasteiger partial charge in [0.15, 0.2) is 0 Å². The summed E-state index contributed by atoms with van der Waals surface area (Å²) in [4.78, 5) is 11.8. The van der Waals surface area contributed by atoms with Gasteiger partial charge in [-0.1, -0.05) is 42.5 Å². The van der Waals surface area contributed by atoms with Gasteiger partial charge in [-0.25, -0.2) is 0 Å². The quantitative estimate of drug-likeness (QED) is 0.926. The third-order valence-corrected chi connectivity index (χ3v) is 3.43. The third kappa shape index (κ3) is 2.18. The van der Waals surface area contributed by atoms with Crippen LogP contribution in [0.2, 0.25) is 0 Å². The van der Waals surface area contributed by atoms with E-state index in [4.69, 9.17) is 4.74 Å². The topological polar surface area (TPSA) is 38.3 Å². The van der Waals surface area contributed by atoms with Crippen molar-refractivity contribution < 1.29 is 9.53 Å². The highest BCUT2D eigenvalue weighted by Crippen LogP contribution is 2.25. The molecule has 0 atom stereocenters. The van der Waals surface area contributed by atoms with Gasteiger partial charge in [0, 0.05) is 16.8 Å². The minimum Gasteiger partial charge on any atom is -0.496 e. The fourth-order valence-corrected chi connectivity index (χ4v) is 2.42. The Kier molecular flexibility index (Phi) is 3.25. The third-order valence-electron chi connectivity index (χ3n) is 3.43. The van der Waals surface area contributed by atoms with Crippen LogP contribution in [0.5, 0.6) is 5.75 Å². The van der Waals surface area contributed by atoms with Crippen LogP contribution in [-0.4, -0.2) is 13.0 Å². The first-order valence-electron chi connectivity index (χ1n) is 6.52. The molecule has 0 spiro atoms. The molecule has 0 fully saturated rings. The molecule has 0 saturated carbocycles. The first-order valence-corrected chi connectivity index (χ1v) is 6.52. The number of allylic oxidation sites excluding steroid dienone is 1. The second-order valence-electron chi connectivity index (χ2n) is 4.63. The number of carbonyl (C=O) groups is 1. The molecule has 2 aromatic carbocycles. The van der Waals surface area contributed by atoms with Gasteiger partial charge in [0.25, 0.3) is 5.91 Å². The Balaban J connectivity index is 1.90. The zero-order valence-corrected chi connectivity index (χ0v) is 11.2. The van der Waals surface area contributed by atoms with Crippen molar-refractivity contribution >= 4 is 11.6 Å². The average molecular weight is 265 g/mol. The van der Waals surface area contributed by atoms with E-state index >= 15 is 0 Å². The molecule has 0 aliphatic carbocycles. The first-order chi connectivity index (χ1) is 9.79. The lowest BCUT2D eigenvalue weighted by molar-refractivity contribution is 0.0981. The van der Waals surface area contributed by atoms with Gasteiger partial charge in [-0.2, -0.15) is 0 Å². The highest BCUT2D eigenvalue weighted by Gasteiger charge is 2.22. The lowest BCUT2D eigenvalue weighted by atomic mass is 10.1. The standard InChI is InChI=1S/C17H15NO2/c1-20-16-9-5-2-6-12(16)10-11-15-13-7-3-4-8-14(13)17(19)18-15/h2-9,11H,10H2,1H3,(H,18,19). The molecule has 0 unspecified atom stereocenters. The van der Waals surface area contributed by atoms with E-state index in [9.17, 15) is 4.79 Å². The molecule has 0 radical (unpaired) electrons. The van der Waals surface area contributed by atoms with E-state index in [1.165, 1.54) is 0 Å². The number of para-hydroxylation sites is 1. The first kappa shape index (κ1) is 12.5. The van der Waals surface area contributed by atoms with E-state index < -0.39 is 0 Å². The summed E-state index contributed by atoms with van der Waals surface area (Å²) in [5.41, 5.74) is 3.67. The lowest BCUT2D eigenvalue weighted by Gasteiger charge is -2.06. The molecule has 100 valence electrons. The normalized spacial score (nSPS) is 15.1. The van der Waals surface area contributed by atoms with Crippen LogP contribution in [0.1, 0.15) is 21.5 Å². The van der Waals surface area contributed by atoms with E-state index in [2.05, 4.69) is 5.32 Å². The second-order valence-corrected chi connectivity index (χ2v) is 4.63. The summed E-state index contributed by atoms with van der Waals surface area (Å²) < 4.78 is 5.33. The molecule has 3 nitrogen and oxygen atoms in total. The van der Waals surface area contributed by atoms with Crippen LogP contribution in [0, 0.1) is 0 Å². The van der Waals surface area contributed by atoms with Gasteiger partial charge in [0.1, 0.15) is 5.75 Å². The molecule has 2 aromatic rings. The summed E-state index contributed by atoms with van der Waals surface area (Å²) in [7, 11) is 1.67. The number of methoxy groups -OCH3 is 1. The number of fused-ring (bicyclic) bond motifs is 1. The van der Waals surface area contributed by atoms with Gasteiger partial charge in [-0.3, -0.25) is 4.79 Å². The maximum atomic E-state index is 11.8. The van der Waals surface area contributed by atoms with Crippen molar-refractivity contribution in [2.75, 3.05) is 7.11 Å². The SMILES string of the molecule is COc1ccccc1CC=C1NC(=O)c2ccccc21. The molecule has 3 heteroatoms. The molecule has 1 amide bonds. The van der Waals surface area contributed by atoms with Crippen molar-refractivity contribution in [2.45, 2.75) is 6.42 Å². The lowest BCUT2D eigenvalue weighted by Crippen LogP contribution is -2.12. The number of rotatable bonds is 3. The van der Waals surface area contributed by atoms with Crippen LogP contribution < -0.4 is 10.1 Å². The maximum Gasteiger partial charge on any atom is 0.256 e. The van der Waals surface area contributed by atoms with Crippen LogP contribution in [0.4, 0.5) is 0 Å². The van der Waals surface area contributed by atoms with E-state index in [-0.39, 0.29) is 5.91 Å². The van der Waals surface area contributed by atoms with Gasteiger partial charge in [-0.15, -0.1) is 0 Å². The molecule has 1 aliphatic rings. The van der Waals surface area contributed by atoms with E-state index in [0.29, 0.717) is 6.42 Å². The average Bonchev–Trinajstić information content (AvgIpc) is 2.82. The van der Waals surface area contributed by atoms with Crippen molar-refractivity contribution in [3.05, 3.63) is 71.3 Å². The fraction of sp³-hybridized carbons (Fsp3) is 0.118. The summed E-state index contributed by atoms with van der Waals surface area (Å²) in [5, 5.41) is 2.91. The molecular weight excluding hydrogens is 250 g/mol. The molecule has 1 N–H and O–H groups in total. The Morgan fingerprint density at radius 3 is 2.55 bits per heavy atom. The maximum absolute atomic E-state index is 11.8. The number of carbonyl (C=O) groups excluding carboxylic acids is 1. The van der Waals surface area contributed by atoms with Gasteiger partial charge in [0.05, 0.1) is 7.11 Å². The number of amides is 1. The molecule has 20 heavy (non-hydrogen) atoms. The smallest absolute Gasteiger partial charge is 0.256 e. The number of hydrogen-bond donors (Lipinski definition) is 1. The van der Waals surface area contributed by atoms with Crippen molar-refractivity contribution in [3.8, 4) is 5.75 Å². The van der Waals surface area contributed by atoms with Crippen LogP contribution in [0.3, 0.4) is 0 Å². The summed E-state index contributed by atoms with van der Waals surface area (Å²) >= 11 is 0. The number of hydrogen-bond acceptors (Lipinski definition) is 2. The molecule has 3 rings (SSSR count). The van der Waals surface area contributed by atoms with Gasteiger partial charge in [0.2, 0.25) is 0 Å². The number of nitrogens with one attached hydrogen (secondary N) is 1. The summed E-state index contributed by atoms with van der Waals surface area (Å²) in [6.07, 6.45) is 2.75. The predicted molar refractivity (Wildman–Crippen MR) is 78.6 cm³/mol. The zero-order valence-electron chi connectivity index (χ0n) is 11.2. The largest absolute Gasteiger partial charge is 0.496 e. The Bertz CT molecular complexity index is 689. The predicted octanol–water partition coefficient (Wildman–Crippen LogP) is 3.02. The van der Waals surface area contributed by atoms with E-state index in [1.807, 2.05) is 54.6 Å². The Morgan fingerprint density at radius 1 is 1.05 bits per heavy atom. The van der Waals surface area contributed by atoms with E-state index in [1.54, 1.807) is 7.11 Å².